The van der Waals surface area contributed by atoms with E-state index in [0.717, 1.165) is 29.4 Å². The molecule has 0 unspecified atom stereocenters. The monoisotopic (exact) mass is 326 g/mol. The largest absolute Gasteiger partial charge is 0.327 e. The highest BCUT2D eigenvalue weighted by Crippen LogP contribution is 2.26. The maximum Gasteiger partial charge on any atom is 0.256 e. The number of fused-ring (bicyclic) bond motifs is 2. The summed E-state index contributed by atoms with van der Waals surface area (Å²) in [5.41, 5.74) is 10.4. The third-order valence-corrected chi connectivity index (χ3v) is 4.41. The molecule has 5 nitrogen and oxygen atoms in total. The van der Waals surface area contributed by atoms with Crippen LogP contribution in [0.3, 0.4) is 0 Å². The van der Waals surface area contributed by atoms with Crippen molar-refractivity contribution in [3.63, 3.8) is 0 Å². The van der Waals surface area contributed by atoms with Crippen molar-refractivity contribution < 1.29 is 4.79 Å². The molecular weight excluding hydrogens is 312 g/mol. The predicted octanol–water partition coefficient (Wildman–Crippen LogP) is 2.89. The normalized spacial score (nSPS) is 16.5. The number of H-pyrrole nitrogens is 1. The molecule has 0 radical (unpaired) electrons. The number of halogens is 1. The molecule has 0 saturated heterocycles. The van der Waals surface area contributed by atoms with E-state index < -0.39 is 0 Å². The lowest BCUT2D eigenvalue weighted by Gasteiger charge is -2.08. The molecule has 1 aliphatic carbocycles. The predicted molar refractivity (Wildman–Crippen MR) is 90.9 cm³/mol. The van der Waals surface area contributed by atoms with Gasteiger partial charge in [-0.1, -0.05) is 17.7 Å². The SMILES string of the molecule is N[C@H]1Cc2ccc(NC(=O)c3cc(Cl)cc4[nH]ncc34)cc2C1. The van der Waals surface area contributed by atoms with Gasteiger partial charge in [0.1, 0.15) is 0 Å². The van der Waals surface area contributed by atoms with Crippen molar-refractivity contribution in [3.05, 3.63) is 58.2 Å². The Labute approximate surface area is 137 Å². The summed E-state index contributed by atoms with van der Waals surface area (Å²) in [6.45, 7) is 0. The van der Waals surface area contributed by atoms with Crippen LogP contribution < -0.4 is 11.1 Å². The van der Waals surface area contributed by atoms with Crippen LogP contribution in [-0.4, -0.2) is 22.1 Å². The molecule has 1 amide bonds. The van der Waals surface area contributed by atoms with Crippen LogP contribution >= 0.6 is 11.6 Å². The molecule has 3 aromatic rings. The van der Waals surface area contributed by atoms with Crippen LogP contribution in [-0.2, 0) is 12.8 Å². The standard InChI is InChI=1S/C17H15ClN4O/c18-11-6-14(15-8-20-22-16(15)7-11)17(23)21-13-2-1-9-3-12(19)4-10(9)5-13/h1-2,5-8,12H,3-4,19H2,(H,20,22)(H,21,23)/t12-/m0/s1. The van der Waals surface area contributed by atoms with Gasteiger partial charge in [0, 0.05) is 22.1 Å². The quantitative estimate of drug-likeness (QED) is 0.677. The summed E-state index contributed by atoms with van der Waals surface area (Å²) >= 11 is 6.08. The van der Waals surface area contributed by atoms with Gasteiger partial charge in [0.2, 0.25) is 0 Å². The minimum absolute atomic E-state index is 0.175. The van der Waals surface area contributed by atoms with E-state index in [9.17, 15) is 4.79 Å². The first-order valence-electron chi connectivity index (χ1n) is 7.41. The van der Waals surface area contributed by atoms with Gasteiger partial charge < -0.3 is 11.1 Å². The molecule has 1 aliphatic rings. The number of rotatable bonds is 2. The van der Waals surface area contributed by atoms with Gasteiger partial charge in [0.15, 0.2) is 0 Å². The Morgan fingerprint density at radius 2 is 2.09 bits per heavy atom. The number of nitrogens with one attached hydrogen (secondary N) is 2. The zero-order valence-corrected chi connectivity index (χ0v) is 13.0. The number of aromatic nitrogens is 2. The highest BCUT2D eigenvalue weighted by molar-refractivity contribution is 6.32. The lowest BCUT2D eigenvalue weighted by molar-refractivity contribution is 0.102. The minimum atomic E-state index is -0.207. The van der Waals surface area contributed by atoms with Crippen molar-refractivity contribution in [2.24, 2.45) is 5.73 Å². The van der Waals surface area contributed by atoms with E-state index in [1.807, 2.05) is 18.2 Å². The molecule has 1 atom stereocenters. The average Bonchev–Trinajstić information content (AvgIpc) is 3.10. The molecule has 1 aromatic heterocycles. The first kappa shape index (κ1) is 14.2. The molecular formula is C17H15ClN4O. The number of hydrogen-bond acceptors (Lipinski definition) is 3. The lowest BCUT2D eigenvalue weighted by atomic mass is 10.1. The highest BCUT2D eigenvalue weighted by atomic mass is 35.5. The molecule has 6 heteroatoms. The maximum absolute atomic E-state index is 12.6. The van der Waals surface area contributed by atoms with Crippen LogP contribution in [0.15, 0.2) is 36.5 Å². The molecule has 116 valence electrons. The molecule has 0 bridgehead atoms. The molecule has 0 aliphatic heterocycles. The second-order valence-electron chi connectivity index (χ2n) is 5.89. The molecule has 2 aromatic carbocycles. The van der Waals surface area contributed by atoms with Crippen molar-refractivity contribution >= 4 is 34.1 Å². The van der Waals surface area contributed by atoms with Gasteiger partial charge in [0.25, 0.3) is 5.91 Å². The van der Waals surface area contributed by atoms with E-state index in [0.29, 0.717) is 10.6 Å². The van der Waals surface area contributed by atoms with Gasteiger partial charge in [-0.05, 0) is 48.2 Å². The number of anilines is 1. The Balaban J connectivity index is 1.65. The molecule has 23 heavy (non-hydrogen) atoms. The summed E-state index contributed by atoms with van der Waals surface area (Å²) in [7, 11) is 0. The van der Waals surface area contributed by atoms with Gasteiger partial charge >= 0.3 is 0 Å². The van der Waals surface area contributed by atoms with E-state index >= 15 is 0 Å². The first-order chi connectivity index (χ1) is 11.1. The molecule has 0 saturated carbocycles. The Morgan fingerprint density at radius 3 is 2.96 bits per heavy atom. The second kappa shape index (κ2) is 5.37. The van der Waals surface area contributed by atoms with Gasteiger partial charge in [-0.2, -0.15) is 5.10 Å². The number of amides is 1. The van der Waals surface area contributed by atoms with Crippen LogP contribution in [0.1, 0.15) is 21.5 Å². The second-order valence-corrected chi connectivity index (χ2v) is 6.33. The molecule has 0 fully saturated rings. The van der Waals surface area contributed by atoms with E-state index in [-0.39, 0.29) is 11.9 Å². The van der Waals surface area contributed by atoms with E-state index in [1.165, 1.54) is 11.1 Å². The zero-order valence-electron chi connectivity index (χ0n) is 12.3. The van der Waals surface area contributed by atoms with Crippen molar-refractivity contribution in [3.8, 4) is 0 Å². The molecule has 4 rings (SSSR count). The number of nitrogens with zero attached hydrogens (tertiary/aromatic N) is 1. The minimum Gasteiger partial charge on any atom is -0.327 e. The Kier molecular flexibility index (Phi) is 3.32. The van der Waals surface area contributed by atoms with Crippen LogP contribution in [0.25, 0.3) is 10.9 Å². The first-order valence-corrected chi connectivity index (χ1v) is 7.79. The summed E-state index contributed by atoms with van der Waals surface area (Å²) in [4.78, 5) is 12.6. The molecule has 1 heterocycles. The van der Waals surface area contributed by atoms with Crippen molar-refractivity contribution in [1.29, 1.82) is 0 Å². The number of hydrogen-bond donors (Lipinski definition) is 3. The Hall–Kier alpha value is -2.37. The maximum atomic E-state index is 12.6. The fourth-order valence-corrected chi connectivity index (χ4v) is 3.35. The Bertz CT molecular complexity index is 918. The number of aromatic amines is 1. The number of carbonyl (C=O) groups excluding carboxylic acids is 1. The van der Waals surface area contributed by atoms with Crippen molar-refractivity contribution in [1.82, 2.24) is 10.2 Å². The topological polar surface area (TPSA) is 83.8 Å². The summed E-state index contributed by atoms with van der Waals surface area (Å²) in [6, 6.07) is 9.51. The van der Waals surface area contributed by atoms with Gasteiger partial charge in [-0.25, -0.2) is 0 Å². The van der Waals surface area contributed by atoms with Gasteiger partial charge in [-0.3, -0.25) is 9.89 Å². The molecule has 0 spiro atoms. The third kappa shape index (κ3) is 2.58. The van der Waals surface area contributed by atoms with Crippen molar-refractivity contribution in [2.75, 3.05) is 5.32 Å². The van der Waals surface area contributed by atoms with Crippen molar-refractivity contribution in [2.45, 2.75) is 18.9 Å². The summed E-state index contributed by atoms with van der Waals surface area (Å²) in [5, 5.41) is 11.0. The van der Waals surface area contributed by atoms with Gasteiger partial charge in [0.05, 0.1) is 17.3 Å². The molecule has 4 N–H and O–H groups in total. The van der Waals surface area contributed by atoms with Gasteiger partial charge in [-0.15, -0.1) is 0 Å². The summed E-state index contributed by atoms with van der Waals surface area (Å²) in [5.74, 6) is -0.207. The smallest absolute Gasteiger partial charge is 0.256 e. The average molecular weight is 327 g/mol. The summed E-state index contributed by atoms with van der Waals surface area (Å²) < 4.78 is 0. The fraction of sp³-hybridized carbons (Fsp3) is 0.176. The van der Waals surface area contributed by atoms with Crippen LogP contribution in [0.4, 0.5) is 5.69 Å². The Morgan fingerprint density at radius 1 is 1.26 bits per heavy atom. The zero-order chi connectivity index (χ0) is 16.0. The fourth-order valence-electron chi connectivity index (χ4n) is 3.13. The van der Waals surface area contributed by atoms with Crippen LogP contribution in [0, 0.1) is 0 Å². The van der Waals surface area contributed by atoms with E-state index in [4.69, 9.17) is 17.3 Å². The third-order valence-electron chi connectivity index (χ3n) is 4.20. The van der Waals surface area contributed by atoms with E-state index in [2.05, 4.69) is 15.5 Å². The number of carbonyl (C=O) groups is 1. The van der Waals surface area contributed by atoms with Crippen LogP contribution in [0.2, 0.25) is 5.02 Å². The lowest BCUT2D eigenvalue weighted by Crippen LogP contribution is -2.19. The van der Waals surface area contributed by atoms with E-state index in [1.54, 1.807) is 18.3 Å². The number of nitrogens with two attached hydrogens (primary N) is 1. The number of benzene rings is 2. The van der Waals surface area contributed by atoms with Crippen LogP contribution in [0.5, 0.6) is 0 Å². The summed E-state index contributed by atoms with van der Waals surface area (Å²) in [6.07, 6.45) is 3.37. The highest BCUT2D eigenvalue weighted by Gasteiger charge is 2.19.